The number of rotatable bonds is 5. The van der Waals surface area contributed by atoms with Gasteiger partial charge in [0, 0.05) is 5.56 Å². The van der Waals surface area contributed by atoms with Crippen molar-refractivity contribution in [2.45, 2.75) is 38.5 Å². The van der Waals surface area contributed by atoms with E-state index in [2.05, 4.69) is 5.16 Å². The quantitative estimate of drug-likeness (QED) is 0.275. The standard InChI is InChI=1S/C19H14F9NO/c1-2-16(29-30-10-11-3-5-12(6-4-11)17(20,21)22)14-8-7-13(18(23,24)25)9-15(14)19(26,27)28/h3-9H,2,10H2,1H3/b29-16+. The van der Waals surface area contributed by atoms with Crippen LogP contribution in [0.1, 0.15) is 41.2 Å². The van der Waals surface area contributed by atoms with Crippen molar-refractivity contribution in [2.75, 3.05) is 0 Å². The molecule has 30 heavy (non-hydrogen) atoms. The first-order valence-corrected chi connectivity index (χ1v) is 8.37. The number of alkyl halides is 9. The van der Waals surface area contributed by atoms with E-state index < -0.39 is 40.8 Å². The van der Waals surface area contributed by atoms with Gasteiger partial charge in [-0.05, 0) is 36.2 Å². The van der Waals surface area contributed by atoms with Crippen LogP contribution in [-0.2, 0) is 30.0 Å². The minimum Gasteiger partial charge on any atom is -0.391 e. The molecular formula is C19H14F9NO. The molecule has 11 heteroatoms. The van der Waals surface area contributed by atoms with Crippen LogP contribution in [0.3, 0.4) is 0 Å². The Kier molecular flexibility index (Phi) is 6.73. The molecule has 0 aliphatic heterocycles. The molecule has 0 amide bonds. The summed E-state index contributed by atoms with van der Waals surface area (Å²) in [6.45, 7) is 1.09. The lowest BCUT2D eigenvalue weighted by Gasteiger charge is -2.16. The predicted molar refractivity (Wildman–Crippen MR) is 89.5 cm³/mol. The Balaban J connectivity index is 2.27. The van der Waals surface area contributed by atoms with Crippen molar-refractivity contribution in [1.29, 1.82) is 0 Å². The Hall–Kier alpha value is -2.72. The molecule has 2 rings (SSSR count). The molecule has 2 nitrogen and oxygen atoms in total. The molecule has 0 N–H and O–H groups in total. The average Bonchev–Trinajstić information content (AvgIpc) is 2.63. The van der Waals surface area contributed by atoms with Gasteiger partial charge >= 0.3 is 18.5 Å². The Morgan fingerprint density at radius 3 is 1.77 bits per heavy atom. The molecule has 0 unspecified atom stereocenters. The van der Waals surface area contributed by atoms with E-state index in [0.717, 1.165) is 24.3 Å². The van der Waals surface area contributed by atoms with Crippen LogP contribution in [0.25, 0.3) is 0 Å². The summed E-state index contributed by atoms with van der Waals surface area (Å²) in [7, 11) is 0. The zero-order valence-electron chi connectivity index (χ0n) is 15.2. The third-order valence-electron chi connectivity index (χ3n) is 3.99. The van der Waals surface area contributed by atoms with Crippen molar-refractivity contribution in [2.24, 2.45) is 5.16 Å². The topological polar surface area (TPSA) is 21.6 Å². The summed E-state index contributed by atoms with van der Waals surface area (Å²) in [5, 5.41) is 3.56. The van der Waals surface area contributed by atoms with Gasteiger partial charge in [-0.15, -0.1) is 0 Å². The molecule has 0 saturated carbocycles. The van der Waals surface area contributed by atoms with Gasteiger partial charge in [-0.2, -0.15) is 39.5 Å². The zero-order valence-corrected chi connectivity index (χ0v) is 15.2. The van der Waals surface area contributed by atoms with Crippen LogP contribution >= 0.6 is 0 Å². The number of hydrogen-bond acceptors (Lipinski definition) is 2. The number of benzene rings is 2. The highest BCUT2D eigenvalue weighted by Gasteiger charge is 2.39. The smallest absolute Gasteiger partial charge is 0.391 e. The summed E-state index contributed by atoms with van der Waals surface area (Å²) in [6.07, 6.45) is -14.6. The van der Waals surface area contributed by atoms with Crippen LogP contribution in [0.4, 0.5) is 39.5 Å². The Morgan fingerprint density at radius 1 is 0.767 bits per heavy atom. The lowest BCUT2D eigenvalue weighted by Crippen LogP contribution is -2.16. The second kappa shape index (κ2) is 8.57. The zero-order chi connectivity index (χ0) is 22.7. The van der Waals surface area contributed by atoms with Crippen molar-refractivity contribution in [3.05, 3.63) is 70.3 Å². The van der Waals surface area contributed by atoms with E-state index in [1.165, 1.54) is 6.92 Å². The number of nitrogens with zero attached hydrogens (tertiary/aromatic N) is 1. The fraction of sp³-hybridized carbons (Fsp3) is 0.316. The summed E-state index contributed by atoms with van der Waals surface area (Å²) in [6, 6.07) is 5.01. The fourth-order valence-electron chi connectivity index (χ4n) is 2.49. The Bertz CT molecular complexity index is 894. The molecule has 164 valence electrons. The minimum absolute atomic E-state index is 0.00360. The summed E-state index contributed by atoms with van der Waals surface area (Å²) in [5.41, 5.74) is -4.43. The maximum atomic E-state index is 13.3. The first-order valence-electron chi connectivity index (χ1n) is 8.37. The van der Waals surface area contributed by atoms with Crippen molar-refractivity contribution in [1.82, 2.24) is 0 Å². The van der Waals surface area contributed by atoms with Crippen molar-refractivity contribution < 1.29 is 44.4 Å². The molecule has 0 spiro atoms. The lowest BCUT2D eigenvalue weighted by atomic mass is 9.98. The molecule has 0 aliphatic carbocycles. The van der Waals surface area contributed by atoms with E-state index in [-0.39, 0.29) is 30.4 Å². The second-order valence-electron chi connectivity index (χ2n) is 6.12. The van der Waals surface area contributed by atoms with Gasteiger partial charge in [0.2, 0.25) is 0 Å². The van der Waals surface area contributed by atoms with E-state index in [4.69, 9.17) is 4.84 Å². The normalized spacial score (nSPS) is 13.5. The maximum absolute atomic E-state index is 13.3. The molecule has 0 heterocycles. The summed E-state index contributed by atoms with van der Waals surface area (Å²) in [5.74, 6) is 0. The highest BCUT2D eigenvalue weighted by molar-refractivity contribution is 6.01. The van der Waals surface area contributed by atoms with Crippen molar-refractivity contribution in [3.8, 4) is 0 Å². The maximum Gasteiger partial charge on any atom is 0.417 e. The second-order valence-corrected chi connectivity index (χ2v) is 6.12. The minimum atomic E-state index is -5.07. The molecule has 0 radical (unpaired) electrons. The molecule has 0 atom stereocenters. The number of oxime groups is 1. The van der Waals surface area contributed by atoms with Crippen molar-refractivity contribution >= 4 is 5.71 Å². The molecule has 0 aromatic heterocycles. The number of halogens is 9. The molecule has 2 aromatic carbocycles. The Labute approximate surface area is 164 Å². The predicted octanol–water partition coefficient (Wildman–Crippen LogP) is 7.07. The highest BCUT2D eigenvalue weighted by Crippen LogP contribution is 2.38. The van der Waals surface area contributed by atoms with Gasteiger partial charge in [-0.1, -0.05) is 30.3 Å². The van der Waals surface area contributed by atoms with Crippen LogP contribution < -0.4 is 0 Å². The van der Waals surface area contributed by atoms with Gasteiger partial charge in [0.25, 0.3) is 0 Å². The molecular weight excluding hydrogens is 429 g/mol. The fourth-order valence-corrected chi connectivity index (χ4v) is 2.49. The molecule has 0 bridgehead atoms. The number of hydrogen-bond donors (Lipinski definition) is 0. The van der Waals surface area contributed by atoms with Crippen LogP contribution in [0.5, 0.6) is 0 Å². The van der Waals surface area contributed by atoms with Crippen LogP contribution in [0.15, 0.2) is 47.6 Å². The molecule has 0 aliphatic rings. The van der Waals surface area contributed by atoms with Crippen LogP contribution in [-0.4, -0.2) is 5.71 Å². The van der Waals surface area contributed by atoms with Gasteiger partial charge < -0.3 is 4.84 Å². The van der Waals surface area contributed by atoms with Gasteiger partial charge in [-0.3, -0.25) is 0 Å². The largest absolute Gasteiger partial charge is 0.417 e. The third-order valence-corrected chi connectivity index (χ3v) is 3.99. The highest BCUT2D eigenvalue weighted by atomic mass is 19.4. The van der Waals surface area contributed by atoms with Gasteiger partial charge in [0.1, 0.15) is 6.61 Å². The van der Waals surface area contributed by atoms with Gasteiger partial charge in [-0.25, -0.2) is 0 Å². The monoisotopic (exact) mass is 443 g/mol. The lowest BCUT2D eigenvalue weighted by molar-refractivity contribution is -0.143. The molecule has 2 aromatic rings. The first-order chi connectivity index (χ1) is 13.7. The van der Waals surface area contributed by atoms with E-state index in [1.54, 1.807) is 0 Å². The average molecular weight is 443 g/mol. The first kappa shape index (κ1) is 23.6. The summed E-state index contributed by atoms with van der Waals surface area (Å²) >= 11 is 0. The van der Waals surface area contributed by atoms with Crippen molar-refractivity contribution in [3.63, 3.8) is 0 Å². The van der Waals surface area contributed by atoms with Crippen LogP contribution in [0.2, 0.25) is 0 Å². The van der Waals surface area contributed by atoms with E-state index >= 15 is 0 Å². The van der Waals surface area contributed by atoms with Gasteiger partial charge in [0.15, 0.2) is 0 Å². The Morgan fingerprint density at radius 2 is 1.30 bits per heavy atom. The molecule has 0 fully saturated rings. The molecule has 0 saturated heterocycles. The van der Waals surface area contributed by atoms with E-state index in [9.17, 15) is 39.5 Å². The summed E-state index contributed by atoms with van der Waals surface area (Å²) < 4.78 is 116. The van der Waals surface area contributed by atoms with E-state index in [1.807, 2.05) is 0 Å². The van der Waals surface area contributed by atoms with Crippen LogP contribution in [0, 0.1) is 0 Å². The van der Waals surface area contributed by atoms with Gasteiger partial charge in [0.05, 0.1) is 22.4 Å². The third kappa shape index (κ3) is 5.90. The summed E-state index contributed by atoms with van der Waals surface area (Å²) in [4.78, 5) is 4.93. The van der Waals surface area contributed by atoms with E-state index in [0.29, 0.717) is 12.1 Å². The SMILES string of the molecule is CC/C(=N\OCc1ccc(C(F)(F)F)cc1)c1ccc(C(F)(F)F)cc1C(F)(F)F.